The number of rotatable bonds is 8. The molecule has 0 bridgehead atoms. The second-order valence-corrected chi connectivity index (χ2v) is 9.01. The first-order chi connectivity index (χ1) is 15.9. The number of hydrogen-bond donors (Lipinski definition) is 2. The summed E-state index contributed by atoms with van der Waals surface area (Å²) in [6, 6.07) is 12.4. The van der Waals surface area contributed by atoms with E-state index < -0.39 is 28.5 Å². The monoisotopic (exact) mass is 473 g/mol. The summed E-state index contributed by atoms with van der Waals surface area (Å²) >= 11 is 0. The first kappa shape index (κ1) is 24.2. The lowest BCUT2D eigenvalue weighted by Crippen LogP contribution is -2.30. The second-order valence-electron chi connectivity index (χ2n) is 7.33. The number of carbonyl (C=O) groups is 2. The summed E-state index contributed by atoms with van der Waals surface area (Å²) in [6.45, 7) is 2.24. The summed E-state index contributed by atoms with van der Waals surface area (Å²) in [6.07, 6.45) is 3.41. The number of carbonyl (C=O) groups excluding carboxylic acids is 2. The lowest BCUT2D eigenvalue weighted by Gasteiger charge is -2.12. The van der Waals surface area contributed by atoms with E-state index in [1.165, 1.54) is 18.2 Å². The summed E-state index contributed by atoms with van der Waals surface area (Å²) in [4.78, 5) is 28.9. The lowest BCUT2D eigenvalue weighted by atomic mass is 10.2. The molecule has 2 N–H and O–H groups in total. The number of hydrogen-bond acceptors (Lipinski definition) is 7. The third-order valence-electron chi connectivity index (χ3n) is 4.80. The van der Waals surface area contributed by atoms with Gasteiger partial charge in [0.05, 0.1) is 11.5 Å². The highest BCUT2D eigenvalue weighted by atomic mass is 32.2. The number of amidine groups is 1. The maximum atomic E-state index is 12.7. The molecule has 0 fully saturated rings. The molecule has 0 aliphatic carbocycles. The molecule has 0 saturated carbocycles. The van der Waals surface area contributed by atoms with E-state index in [1.807, 2.05) is 0 Å². The fraction of sp³-hybridized carbons (Fsp3) is 0.348. The summed E-state index contributed by atoms with van der Waals surface area (Å²) in [5.74, 6) is -0.484. The van der Waals surface area contributed by atoms with Gasteiger partial charge in [0, 0.05) is 18.7 Å². The van der Waals surface area contributed by atoms with Gasteiger partial charge in [0.25, 0.3) is 15.9 Å². The number of nitrogens with one attached hydrogen (secondary N) is 2. The molecule has 176 valence electrons. The molecule has 0 spiro atoms. The van der Waals surface area contributed by atoms with Gasteiger partial charge in [0.15, 0.2) is 6.61 Å². The van der Waals surface area contributed by atoms with Crippen LogP contribution >= 0.6 is 0 Å². The number of sulfonamides is 1. The van der Waals surface area contributed by atoms with E-state index in [4.69, 9.17) is 9.47 Å². The van der Waals surface area contributed by atoms with Crippen LogP contribution in [-0.2, 0) is 19.6 Å². The van der Waals surface area contributed by atoms with Crippen molar-refractivity contribution in [3.8, 4) is 5.75 Å². The maximum Gasteiger partial charge on any atom is 0.342 e. The van der Waals surface area contributed by atoms with Crippen LogP contribution in [0.2, 0.25) is 0 Å². The van der Waals surface area contributed by atoms with Gasteiger partial charge < -0.3 is 14.8 Å². The first-order valence-corrected chi connectivity index (χ1v) is 12.2. The quantitative estimate of drug-likeness (QED) is 0.568. The fourth-order valence-corrected chi connectivity index (χ4v) is 4.37. The van der Waals surface area contributed by atoms with E-state index in [0.29, 0.717) is 31.2 Å². The molecule has 33 heavy (non-hydrogen) atoms. The Labute approximate surface area is 193 Å². The SMILES string of the molecule is CCOc1ccccc1C(=O)OCC(=O)Nc1cccc(S(=O)(=O)NC2=NCCCCC2)c1. The normalized spacial score (nSPS) is 13.9. The largest absolute Gasteiger partial charge is 0.493 e. The number of anilines is 1. The predicted octanol–water partition coefficient (Wildman–Crippen LogP) is 3.13. The van der Waals surface area contributed by atoms with Gasteiger partial charge in [0.2, 0.25) is 0 Å². The molecule has 1 amide bonds. The Morgan fingerprint density at radius 3 is 2.70 bits per heavy atom. The molecule has 0 unspecified atom stereocenters. The topological polar surface area (TPSA) is 123 Å². The molecule has 0 saturated heterocycles. The van der Waals surface area contributed by atoms with Gasteiger partial charge in [0.1, 0.15) is 17.1 Å². The van der Waals surface area contributed by atoms with Gasteiger partial charge in [-0.05, 0) is 50.1 Å². The van der Waals surface area contributed by atoms with Gasteiger partial charge in [-0.1, -0.05) is 24.6 Å². The molecular formula is C23H27N3O6S. The summed E-state index contributed by atoms with van der Waals surface area (Å²) in [5.41, 5.74) is 0.476. The van der Waals surface area contributed by atoms with Crippen LogP contribution in [0.5, 0.6) is 5.75 Å². The highest BCUT2D eigenvalue weighted by molar-refractivity contribution is 7.90. The number of aliphatic imine (C=N–C) groups is 1. The number of amides is 1. The summed E-state index contributed by atoms with van der Waals surface area (Å²) < 4.78 is 38.5. The minimum Gasteiger partial charge on any atom is -0.493 e. The van der Waals surface area contributed by atoms with Gasteiger partial charge in [-0.3, -0.25) is 14.5 Å². The van der Waals surface area contributed by atoms with Crippen molar-refractivity contribution in [1.29, 1.82) is 0 Å². The van der Waals surface area contributed by atoms with Crippen molar-refractivity contribution in [3.63, 3.8) is 0 Å². The average Bonchev–Trinajstić information content (AvgIpc) is 3.06. The summed E-state index contributed by atoms with van der Waals surface area (Å²) in [5, 5.41) is 2.54. The Morgan fingerprint density at radius 2 is 1.88 bits per heavy atom. The van der Waals surface area contributed by atoms with Crippen molar-refractivity contribution in [2.24, 2.45) is 4.99 Å². The molecule has 1 heterocycles. The van der Waals surface area contributed by atoms with Crippen molar-refractivity contribution >= 4 is 33.4 Å². The maximum absolute atomic E-state index is 12.7. The fourth-order valence-electron chi connectivity index (χ4n) is 3.24. The molecule has 0 aromatic heterocycles. The van der Waals surface area contributed by atoms with Crippen LogP contribution in [0, 0.1) is 0 Å². The van der Waals surface area contributed by atoms with Crippen LogP contribution < -0.4 is 14.8 Å². The van der Waals surface area contributed by atoms with E-state index in [-0.39, 0.29) is 16.1 Å². The smallest absolute Gasteiger partial charge is 0.342 e. The molecule has 1 aliphatic rings. The number of esters is 1. The van der Waals surface area contributed by atoms with Crippen LogP contribution in [0.1, 0.15) is 43.0 Å². The van der Waals surface area contributed by atoms with Gasteiger partial charge >= 0.3 is 5.97 Å². The van der Waals surface area contributed by atoms with E-state index in [1.54, 1.807) is 37.3 Å². The van der Waals surface area contributed by atoms with Crippen LogP contribution in [0.25, 0.3) is 0 Å². The third-order valence-corrected chi connectivity index (χ3v) is 6.17. The zero-order chi connectivity index (χ0) is 23.7. The molecule has 0 radical (unpaired) electrons. The molecule has 0 atom stereocenters. The molecule has 10 heteroatoms. The van der Waals surface area contributed by atoms with Crippen LogP contribution in [0.15, 0.2) is 58.4 Å². The average molecular weight is 474 g/mol. The Kier molecular flexibility index (Phi) is 8.42. The van der Waals surface area contributed by atoms with Crippen molar-refractivity contribution in [1.82, 2.24) is 4.72 Å². The number of para-hydroxylation sites is 1. The molecule has 2 aromatic carbocycles. The van der Waals surface area contributed by atoms with Crippen molar-refractivity contribution in [2.45, 2.75) is 37.5 Å². The Balaban J connectivity index is 1.60. The number of benzene rings is 2. The third kappa shape index (κ3) is 7.04. The second kappa shape index (κ2) is 11.5. The minimum absolute atomic E-state index is 0.00474. The van der Waals surface area contributed by atoms with E-state index in [0.717, 1.165) is 19.3 Å². The molecule has 9 nitrogen and oxygen atoms in total. The molecule has 2 aromatic rings. The number of nitrogens with zero attached hydrogens (tertiary/aromatic N) is 1. The van der Waals surface area contributed by atoms with Gasteiger partial charge in [-0.2, -0.15) is 0 Å². The Bertz CT molecular complexity index is 1130. The highest BCUT2D eigenvalue weighted by Gasteiger charge is 2.19. The summed E-state index contributed by atoms with van der Waals surface area (Å²) in [7, 11) is -3.84. The first-order valence-electron chi connectivity index (χ1n) is 10.7. The molecular weight excluding hydrogens is 446 g/mol. The van der Waals surface area contributed by atoms with E-state index >= 15 is 0 Å². The zero-order valence-electron chi connectivity index (χ0n) is 18.4. The standard InChI is InChI=1S/C23H27N3O6S/c1-2-31-20-12-6-5-11-19(20)23(28)32-16-22(27)25-17-9-8-10-18(15-17)33(29,30)26-21-13-4-3-7-14-24-21/h5-6,8-12,15H,2-4,7,13-14,16H2,1H3,(H,24,26)(H,25,27). The Hall–Kier alpha value is -3.40. The minimum atomic E-state index is -3.84. The van der Waals surface area contributed by atoms with E-state index in [2.05, 4.69) is 15.0 Å². The van der Waals surface area contributed by atoms with Crippen molar-refractivity contribution in [2.75, 3.05) is 25.1 Å². The van der Waals surface area contributed by atoms with E-state index in [9.17, 15) is 18.0 Å². The van der Waals surface area contributed by atoms with Crippen LogP contribution in [0.3, 0.4) is 0 Å². The molecule has 3 rings (SSSR count). The lowest BCUT2D eigenvalue weighted by molar-refractivity contribution is -0.119. The van der Waals surface area contributed by atoms with Crippen LogP contribution in [0.4, 0.5) is 5.69 Å². The van der Waals surface area contributed by atoms with Crippen molar-refractivity contribution in [3.05, 3.63) is 54.1 Å². The highest BCUT2D eigenvalue weighted by Crippen LogP contribution is 2.19. The van der Waals surface area contributed by atoms with Crippen LogP contribution in [-0.4, -0.2) is 45.9 Å². The van der Waals surface area contributed by atoms with Crippen molar-refractivity contribution < 1.29 is 27.5 Å². The zero-order valence-corrected chi connectivity index (χ0v) is 19.2. The van der Waals surface area contributed by atoms with Gasteiger partial charge in [-0.15, -0.1) is 0 Å². The van der Waals surface area contributed by atoms with Gasteiger partial charge in [-0.25, -0.2) is 13.2 Å². The molecule has 1 aliphatic heterocycles. The predicted molar refractivity (Wildman–Crippen MR) is 124 cm³/mol. The number of ether oxygens (including phenoxy) is 2. The Morgan fingerprint density at radius 1 is 1.06 bits per heavy atom.